The third-order valence-corrected chi connectivity index (χ3v) is 3.47. The zero-order chi connectivity index (χ0) is 13.7. The number of rotatable bonds is 4. The number of piperidine rings is 1. The molecule has 4 heteroatoms. The predicted molar refractivity (Wildman–Crippen MR) is 72.3 cm³/mol. The smallest absolute Gasteiger partial charge is 0.253 e. The monoisotopic (exact) mass is 261 g/mol. The van der Waals surface area contributed by atoms with Crippen molar-refractivity contribution in [1.29, 1.82) is 0 Å². The Kier molecular flexibility index (Phi) is 4.55. The number of hydrogen-bond acceptors (Lipinski definition) is 3. The molecule has 0 saturated carbocycles. The third-order valence-electron chi connectivity index (χ3n) is 3.47. The molecule has 1 aliphatic heterocycles. The molecule has 1 fully saturated rings. The van der Waals surface area contributed by atoms with Crippen LogP contribution in [0.25, 0.3) is 0 Å². The maximum Gasteiger partial charge on any atom is 0.253 e. The van der Waals surface area contributed by atoms with Gasteiger partial charge in [0.15, 0.2) is 6.29 Å². The van der Waals surface area contributed by atoms with E-state index in [9.17, 15) is 9.59 Å². The molecule has 0 radical (unpaired) electrons. The molecule has 1 heterocycles. The van der Waals surface area contributed by atoms with E-state index in [1.807, 2.05) is 4.90 Å². The van der Waals surface area contributed by atoms with Gasteiger partial charge in [0.2, 0.25) is 0 Å². The van der Waals surface area contributed by atoms with Gasteiger partial charge in [-0.15, -0.1) is 0 Å². The van der Waals surface area contributed by atoms with E-state index >= 15 is 0 Å². The Hall–Kier alpha value is -1.84. The highest BCUT2D eigenvalue weighted by molar-refractivity contribution is 5.94. The third kappa shape index (κ3) is 3.56. The van der Waals surface area contributed by atoms with Crippen LogP contribution in [-0.2, 0) is 4.79 Å². The van der Waals surface area contributed by atoms with Gasteiger partial charge in [-0.25, -0.2) is 0 Å². The van der Waals surface area contributed by atoms with Crippen LogP contribution in [0, 0.1) is 5.92 Å². The predicted octanol–water partition coefficient (Wildman–Crippen LogP) is 2.14. The van der Waals surface area contributed by atoms with Crippen LogP contribution in [0.4, 0.5) is 0 Å². The maximum absolute atomic E-state index is 12.3. The highest BCUT2D eigenvalue weighted by atomic mass is 16.5. The Labute approximate surface area is 113 Å². The first-order chi connectivity index (χ1) is 9.20. The number of likely N-dealkylation sites (tertiary alicyclic amines) is 1. The van der Waals surface area contributed by atoms with Gasteiger partial charge >= 0.3 is 0 Å². The number of carbonyl (C=O) groups is 2. The Balaban J connectivity index is 2.04. The summed E-state index contributed by atoms with van der Waals surface area (Å²) in [6, 6.07) is 7.01. The van der Waals surface area contributed by atoms with Crippen molar-refractivity contribution in [3.8, 4) is 5.75 Å². The van der Waals surface area contributed by atoms with E-state index in [0.717, 1.165) is 25.9 Å². The summed E-state index contributed by atoms with van der Waals surface area (Å²) in [5, 5.41) is 0. The zero-order valence-corrected chi connectivity index (χ0v) is 11.2. The Morgan fingerprint density at radius 2 is 2.16 bits per heavy atom. The number of hydrogen-bond donors (Lipinski definition) is 0. The van der Waals surface area contributed by atoms with Gasteiger partial charge in [-0.3, -0.25) is 9.59 Å². The van der Waals surface area contributed by atoms with Gasteiger partial charge < -0.3 is 9.64 Å². The van der Waals surface area contributed by atoms with Gasteiger partial charge in [0, 0.05) is 18.7 Å². The molecule has 0 spiro atoms. The largest absolute Gasteiger partial charge is 0.486 e. The van der Waals surface area contributed by atoms with Gasteiger partial charge in [-0.1, -0.05) is 13.0 Å². The number of amides is 1. The SMILES string of the molecule is CC1CCN(C(=O)c2cccc(OCC=O)c2)CC1. The van der Waals surface area contributed by atoms with Gasteiger partial charge in [0.05, 0.1) is 0 Å². The molecule has 0 N–H and O–H groups in total. The van der Waals surface area contributed by atoms with Crippen molar-refractivity contribution in [1.82, 2.24) is 4.90 Å². The lowest BCUT2D eigenvalue weighted by molar-refractivity contribution is -0.109. The molecule has 19 heavy (non-hydrogen) atoms. The minimum atomic E-state index is 0.0128. The van der Waals surface area contributed by atoms with Crippen molar-refractivity contribution < 1.29 is 14.3 Å². The quantitative estimate of drug-likeness (QED) is 0.780. The summed E-state index contributed by atoms with van der Waals surface area (Å²) < 4.78 is 5.21. The van der Waals surface area contributed by atoms with E-state index in [1.54, 1.807) is 24.3 Å². The summed E-state index contributed by atoms with van der Waals surface area (Å²) in [6.07, 6.45) is 2.82. The fourth-order valence-electron chi connectivity index (χ4n) is 2.24. The minimum Gasteiger partial charge on any atom is -0.486 e. The van der Waals surface area contributed by atoms with E-state index in [4.69, 9.17) is 4.74 Å². The van der Waals surface area contributed by atoms with Crippen LogP contribution in [0.2, 0.25) is 0 Å². The summed E-state index contributed by atoms with van der Waals surface area (Å²) in [5.74, 6) is 1.30. The summed E-state index contributed by atoms with van der Waals surface area (Å²) >= 11 is 0. The van der Waals surface area contributed by atoms with Crippen LogP contribution in [0.1, 0.15) is 30.1 Å². The standard InChI is InChI=1S/C15H19NO3/c1-12-5-7-16(8-6-12)15(18)13-3-2-4-14(11-13)19-10-9-17/h2-4,9,11-12H,5-8,10H2,1H3. The van der Waals surface area contributed by atoms with Crippen molar-refractivity contribution in [3.05, 3.63) is 29.8 Å². The van der Waals surface area contributed by atoms with Crippen molar-refractivity contribution in [3.63, 3.8) is 0 Å². The molecule has 0 aromatic heterocycles. The van der Waals surface area contributed by atoms with Crippen molar-refractivity contribution >= 4 is 12.2 Å². The Morgan fingerprint density at radius 1 is 1.42 bits per heavy atom. The highest BCUT2D eigenvalue weighted by Crippen LogP contribution is 2.20. The van der Waals surface area contributed by atoms with Gasteiger partial charge in [0.1, 0.15) is 12.4 Å². The number of nitrogens with zero attached hydrogens (tertiary/aromatic N) is 1. The topological polar surface area (TPSA) is 46.6 Å². The Morgan fingerprint density at radius 3 is 2.84 bits per heavy atom. The fraction of sp³-hybridized carbons (Fsp3) is 0.467. The lowest BCUT2D eigenvalue weighted by Crippen LogP contribution is -2.37. The van der Waals surface area contributed by atoms with E-state index in [1.165, 1.54) is 0 Å². The van der Waals surface area contributed by atoms with Crippen LogP contribution in [0.5, 0.6) is 5.75 Å². The average molecular weight is 261 g/mol. The maximum atomic E-state index is 12.3. The molecule has 1 aliphatic rings. The van der Waals surface area contributed by atoms with Crippen LogP contribution >= 0.6 is 0 Å². The van der Waals surface area contributed by atoms with Crippen LogP contribution < -0.4 is 4.74 Å². The molecule has 102 valence electrons. The van der Waals surface area contributed by atoms with Gasteiger partial charge in [0.25, 0.3) is 5.91 Å². The first-order valence-corrected chi connectivity index (χ1v) is 6.66. The lowest BCUT2D eigenvalue weighted by atomic mass is 9.98. The lowest BCUT2D eigenvalue weighted by Gasteiger charge is -2.30. The average Bonchev–Trinajstić information content (AvgIpc) is 2.45. The number of benzene rings is 1. The molecular formula is C15H19NO3. The molecular weight excluding hydrogens is 242 g/mol. The molecule has 0 unspecified atom stereocenters. The van der Waals surface area contributed by atoms with Gasteiger partial charge in [-0.05, 0) is 37.0 Å². The van der Waals surface area contributed by atoms with E-state index in [2.05, 4.69) is 6.92 Å². The molecule has 0 bridgehead atoms. The first-order valence-electron chi connectivity index (χ1n) is 6.66. The second-order valence-corrected chi connectivity index (χ2v) is 4.98. The van der Waals surface area contributed by atoms with Crippen molar-refractivity contribution in [2.75, 3.05) is 19.7 Å². The van der Waals surface area contributed by atoms with Crippen molar-refractivity contribution in [2.45, 2.75) is 19.8 Å². The summed E-state index contributed by atoms with van der Waals surface area (Å²) in [4.78, 5) is 24.5. The first kappa shape index (κ1) is 13.6. The summed E-state index contributed by atoms with van der Waals surface area (Å²) in [6.45, 7) is 3.87. The van der Waals surface area contributed by atoms with E-state index < -0.39 is 0 Å². The number of carbonyl (C=O) groups excluding carboxylic acids is 2. The van der Waals surface area contributed by atoms with Crippen molar-refractivity contribution in [2.24, 2.45) is 5.92 Å². The van der Waals surface area contributed by atoms with Crippen LogP contribution in [-0.4, -0.2) is 36.8 Å². The molecule has 1 aromatic carbocycles. The van der Waals surface area contributed by atoms with Crippen LogP contribution in [0.3, 0.4) is 0 Å². The minimum absolute atomic E-state index is 0.0128. The molecule has 0 aliphatic carbocycles. The Bertz CT molecular complexity index is 450. The van der Waals surface area contributed by atoms with E-state index in [0.29, 0.717) is 23.5 Å². The normalized spacial score (nSPS) is 16.2. The zero-order valence-electron chi connectivity index (χ0n) is 11.2. The summed E-state index contributed by atoms with van der Waals surface area (Å²) in [5.41, 5.74) is 0.623. The molecule has 2 rings (SSSR count). The second-order valence-electron chi connectivity index (χ2n) is 4.98. The highest BCUT2D eigenvalue weighted by Gasteiger charge is 2.21. The molecule has 1 aromatic rings. The van der Waals surface area contributed by atoms with Gasteiger partial charge in [-0.2, -0.15) is 0 Å². The fourth-order valence-corrected chi connectivity index (χ4v) is 2.24. The van der Waals surface area contributed by atoms with E-state index in [-0.39, 0.29) is 12.5 Å². The molecule has 0 atom stereocenters. The number of ether oxygens (including phenoxy) is 1. The van der Waals surface area contributed by atoms with Crippen LogP contribution in [0.15, 0.2) is 24.3 Å². The second kappa shape index (κ2) is 6.36. The molecule has 1 saturated heterocycles. The summed E-state index contributed by atoms with van der Waals surface area (Å²) in [7, 11) is 0. The molecule has 1 amide bonds. The molecule has 4 nitrogen and oxygen atoms in total. The number of aldehydes is 1.